The van der Waals surface area contributed by atoms with Crippen molar-refractivity contribution < 1.29 is 9.66 Å². The van der Waals surface area contributed by atoms with E-state index in [4.69, 9.17) is 21.3 Å². The molecule has 0 bridgehead atoms. The van der Waals surface area contributed by atoms with Gasteiger partial charge in [-0.3, -0.25) is 10.1 Å². The summed E-state index contributed by atoms with van der Waals surface area (Å²) in [7, 11) is 9.31. The largest absolute Gasteiger partial charge is 0.494 e. The Morgan fingerprint density at radius 3 is 2.72 bits per heavy atom. The zero-order valence-electron chi connectivity index (χ0n) is 22.8. The summed E-state index contributed by atoms with van der Waals surface area (Å²) in [4.78, 5) is 24.6. The second kappa shape index (κ2) is 10.7. The normalized spacial score (nSPS) is 12.7. The molecule has 204 valence electrons. The third kappa shape index (κ3) is 5.09. The molecule has 0 unspecified atom stereocenters. The molecule has 11 heteroatoms. The molecular formula is C28H32ClN7O3. The molecule has 1 aliphatic carbocycles. The van der Waals surface area contributed by atoms with E-state index in [1.54, 1.807) is 12.3 Å². The van der Waals surface area contributed by atoms with Crippen molar-refractivity contribution in [3.63, 3.8) is 0 Å². The molecule has 2 heterocycles. The predicted octanol–water partition coefficient (Wildman–Crippen LogP) is 5.44. The van der Waals surface area contributed by atoms with Gasteiger partial charge in [0.15, 0.2) is 0 Å². The fraction of sp³-hybridized carbons (Fsp3) is 0.357. The SMILES string of the molecule is COc1cc(N(C)CCN(C)C)c([N+](=O)[O-])cc1Nc1ncc(Cl)c(-c2cn(C)c3c4c(ccc23)CCC4)n1. The minimum Gasteiger partial charge on any atom is -0.494 e. The summed E-state index contributed by atoms with van der Waals surface area (Å²) < 4.78 is 7.74. The summed E-state index contributed by atoms with van der Waals surface area (Å²) in [5.41, 5.74) is 6.29. The number of nitrogens with one attached hydrogen (secondary N) is 1. The van der Waals surface area contributed by atoms with Gasteiger partial charge >= 0.3 is 0 Å². The van der Waals surface area contributed by atoms with Crippen LogP contribution in [0.5, 0.6) is 5.75 Å². The number of benzene rings is 2. The van der Waals surface area contributed by atoms with Crippen molar-refractivity contribution in [2.24, 2.45) is 7.05 Å². The van der Waals surface area contributed by atoms with Crippen LogP contribution in [0.25, 0.3) is 22.2 Å². The van der Waals surface area contributed by atoms with Crippen LogP contribution in [0.15, 0.2) is 36.7 Å². The third-order valence-electron chi connectivity index (χ3n) is 7.25. The lowest BCUT2D eigenvalue weighted by molar-refractivity contribution is -0.384. The minimum atomic E-state index is -0.394. The fourth-order valence-electron chi connectivity index (χ4n) is 5.27. The summed E-state index contributed by atoms with van der Waals surface area (Å²) in [5.74, 6) is 0.696. The lowest BCUT2D eigenvalue weighted by Crippen LogP contribution is -2.28. The summed E-state index contributed by atoms with van der Waals surface area (Å²) in [6.45, 7) is 1.36. The van der Waals surface area contributed by atoms with E-state index in [1.165, 1.54) is 29.8 Å². The van der Waals surface area contributed by atoms with Crippen molar-refractivity contribution in [1.82, 2.24) is 19.4 Å². The topological polar surface area (TPSA) is 102 Å². The molecule has 0 saturated carbocycles. The first-order valence-corrected chi connectivity index (χ1v) is 13.2. The van der Waals surface area contributed by atoms with E-state index in [1.807, 2.05) is 44.2 Å². The van der Waals surface area contributed by atoms with Crippen LogP contribution in [0.4, 0.5) is 23.0 Å². The Balaban J connectivity index is 1.53. The minimum absolute atomic E-state index is 0.0448. The molecular weight excluding hydrogens is 518 g/mol. The number of methoxy groups -OCH3 is 1. The van der Waals surface area contributed by atoms with Gasteiger partial charge in [0, 0.05) is 56.5 Å². The van der Waals surface area contributed by atoms with Gasteiger partial charge in [0.05, 0.1) is 40.2 Å². The Labute approximate surface area is 232 Å². The van der Waals surface area contributed by atoms with E-state index < -0.39 is 4.92 Å². The Morgan fingerprint density at radius 2 is 2.00 bits per heavy atom. The smallest absolute Gasteiger partial charge is 0.294 e. The highest BCUT2D eigenvalue weighted by atomic mass is 35.5. The number of likely N-dealkylation sites (N-methyl/N-ethyl adjacent to an activating group) is 2. The van der Waals surface area contributed by atoms with Crippen molar-refractivity contribution in [1.29, 1.82) is 0 Å². The molecule has 0 spiro atoms. The maximum Gasteiger partial charge on any atom is 0.294 e. The summed E-state index contributed by atoms with van der Waals surface area (Å²) in [5, 5.41) is 16.6. The summed E-state index contributed by atoms with van der Waals surface area (Å²) >= 11 is 6.61. The number of fused-ring (bicyclic) bond motifs is 3. The van der Waals surface area contributed by atoms with Crippen molar-refractivity contribution in [2.45, 2.75) is 19.3 Å². The summed E-state index contributed by atoms with van der Waals surface area (Å²) in [6, 6.07) is 7.46. The van der Waals surface area contributed by atoms with Crippen LogP contribution in [0.1, 0.15) is 17.5 Å². The number of nitro benzene ring substituents is 1. The van der Waals surface area contributed by atoms with Crippen molar-refractivity contribution in [3.05, 3.63) is 62.9 Å². The number of halogens is 1. The zero-order chi connectivity index (χ0) is 27.8. The molecule has 0 atom stereocenters. The van der Waals surface area contributed by atoms with E-state index in [0.29, 0.717) is 34.4 Å². The highest BCUT2D eigenvalue weighted by Crippen LogP contribution is 2.41. The van der Waals surface area contributed by atoms with Gasteiger partial charge in [-0.25, -0.2) is 9.97 Å². The first-order valence-electron chi connectivity index (χ1n) is 12.8. The second-order valence-corrected chi connectivity index (χ2v) is 10.6. The van der Waals surface area contributed by atoms with Gasteiger partial charge in [-0.2, -0.15) is 0 Å². The standard InChI is InChI=1S/C28H32ClN7O3/c1-33(2)11-12-34(3)23-14-25(39-5)22(13-24(23)36(37)38)31-28-30-15-21(29)26(32-28)20-16-35(4)27-18-8-6-7-17(18)9-10-19(20)27/h9-10,13-16H,6-8,11-12H2,1-5H3,(H,30,31,32). The van der Waals surface area contributed by atoms with Crippen molar-refractivity contribution in [2.75, 3.05) is 51.6 Å². The van der Waals surface area contributed by atoms with Gasteiger partial charge in [-0.1, -0.05) is 23.7 Å². The number of nitrogens with zero attached hydrogens (tertiary/aromatic N) is 6. The molecule has 2 aromatic heterocycles. The number of rotatable bonds is 9. The lowest BCUT2D eigenvalue weighted by atomic mass is 10.0. The Morgan fingerprint density at radius 1 is 1.21 bits per heavy atom. The molecule has 10 nitrogen and oxygen atoms in total. The number of aromatic nitrogens is 3. The number of ether oxygens (including phenoxy) is 1. The molecule has 0 amide bonds. The molecule has 4 aromatic rings. The predicted molar refractivity (Wildman–Crippen MR) is 156 cm³/mol. The first kappa shape index (κ1) is 26.7. The molecule has 39 heavy (non-hydrogen) atoms. The van der Waals surface area contributed by atoms with Gasteiger partial charge in [-0.15, -0.1) is 0 Å². The van der Waals surface area contributed by atoms with Crippen LogP contribution >= 0.6 is 11.6 Å². The lowest BCUT2D eigenvalue weighted by Gasteiger charge is -2.22. The maximum absolute atomic E-state index is 12.0. The number of aryl methyl sites for hydroxylation is 3. The average molecular weight is 550 g/mol. The molecule has 0 aliphatic heterocycles. The Kier molecular flexibility index (Phi) is 7.33. The Bertz CT molecular complexity index is 1570. The number of anilines is 3. The van der Waals surface area contributed by atoms with Crippen LogP contribution in [0.2, 0.25) is 5.02 Å². The van der Waals surface area contributed by atoms with Gasteiger partial charge in [-0.05, 0) is 44.5 Å². The highest BCUT2D eigenvalue weighted by Gasteiger charge is 2.24. The molecule has 0 fully saturated rings. The molecule has 1 N–H and O–H groups in total. The van der Waals surface area contributed by atoms with Crippen molar-refractivity contribution >= 4 is 45.5 Å². The van der Waals surface area contributed by atoms with E-state index >= 15 is 0 Å². The van der Waals surface area contributed by atoms with Crippen LogP contribution in [0.3, 0.4) is 0 Å². The van der Waals surface area contributed by atoms with Gasteiger partial charge < -0.3 is 24.4 Å². The van der Waals surface area contributed by atoms with Gasteiger partial charge in [0.25, 0.3) is 5.69 Å². The van der Waals surface area contributed by atoms with E-state index in [-0.39, 0.29) is 11.6 Å². The van der Waals surface area contributed by atoms with E-state index in [0.717, 1.165) is 36.8 Å². The molecule has 5 rings (SSSR count). The zero-order valence-corrected chi connectivity index (χ0v) is 23.5. The number of hydrogen-bond acceptors (Lipinski definition) is 8. The quantitative estimate of drug-likeness (QED) is 0.218. The van der Waals surface area contributed by atoms with Gasteiger partial charge in [0.2, 0.25) is 5.95 Å². The van der Waals surface area contributed by atoms with Crippen LogP contribution in [0, 0.1) is 10.1 Å². The van der Waals surface area contributed by atoms with Crippen LogP contribution in [-0.4, -0.2) is 65.7 Å². The van der Waals surface area contributed by atoms with E-state index in [9.17, 15) is 10.1 Å². The molecule has 1 aliphatic rings. The average Bonchev–Trinajstić information content (AvgIpc) is 3.52. The fourth-order valence-corrected chi connectivity index (χ4v) is 5.46. The molecule has 0 saturated heterocycles. The second-order valence-electron chi connectivity index (χ2n) is 10.1. The van der Waals surface area contributed by atoms with Crippen LogP contribution in [-0.2, 0) is 19.9 Å². The number of hydrogen-bond donors (Lipinski definition) is 1. The third-order valence-corrected chi connectivity index (χ3v) is 7.53. The Hall–Kier alpha value is -3.89. The van der Waals surface area contributed by atoms with Gasteiger partial charge in [0.1, 0.15) is 11.4 Å². The summed E-state index contributed by atoms with van der Waals surface area (Å²) in [6.07, 6.45) is 6.92. The van der Waals surface area contributed by atoms with E-state index in [2.05, 4.69) is 27.0 Å². The van der Waals surface area contributed by atoms with Crippen molar-refractivity contribution in [3.8, 4) is 17.0 Å². The first-order chi connectivity index (χ1) is 18.7. The maximum atomic E-state index is 12.0. The molecule has 0 radical (unpaired) electrons. The molecule has 2 aromatic carbocycles. The monoisotopic (exact) mass is 549 g/mol. The van der Waals surface area contributed by atoms with Crippen LogP contribution < -0.4 is 15.0 Å². The highest BCUT2D eigenvalue weighted by molar-refractivity contribution is 6.33. The number of nitro groups is 1.